The highest BCUT2D eigenvalue weighted by atomic mass is 32.1. The van der Waals surface area contributed by atoms with E-state index in [-0.39, 0.29) is 25.2 Å². The second-order valence-electron chi connectivity index (χ2n) is 12.5. The fourth-order valence-corrected chi connectivity index (χ4v) is 10.4. The van der Waals surface area contributed by atoms with Gasteiger partial charge in [0, 0.05) is 32.4 Å². The van der Waals surface area contributed by atoms with E-state index in [0.717, 1.165) is 52.7 Å². The molecule has 4 heterocycles. The summed E-state index contributed by atoms with van der Waals surface area (Å²) in [5.74, 6) is -4.90. The molecule has 0 spiro atoms. The number of Topliss-reactive ketones (excluding diaryl/α,β-unsaturated/α-hetero) is 2. The Hall–Kier alpha value is -4.79. The summed E-state index contributed by atoms with van der Waals surface area (Å²) >= 11 is 4.09. The Labute approximate surface area is 293 Å². The maximum atomic E-state index is 13.8. The van der Waals surface area contributed by atoms with Crippen LogP contribution >= 0.6 is 34.4 Å². The number of aliphatic imine (C=N–C) groups is 1. The van der Waals surface area contributed by atoms with Gasteiger partial charge in [0.25, 0.3) is 0 Å². The zero-order valence-corrected chi connectivity index (χ0v) is 28.2. The fraction of sp³-hybridized carbons (Fsp3) is 0.222. The number of carbonyl (C=O) groups is 3. The molecule has 2 fully saturated rings. The largest absolute Gasteiger partial charge is 0.444 e. The van der Waals surface area contributed by atoms with E-state index in [1.165, 1.54) is 11.3 Å². The van der Waals surface area contributed by atoms with Crippen molar-refractivity contribution in [3.8, 4) is 10.4 Å². The van der Waals surface area contributed by atoms with Crippen LogP contribution in [0.15, 0.2) is 77.8 Å². The van der Waals surface area contributed by atoms with E-state index in [1.807, 2.05) is 66.7 Å². The van der Waals surface area contributed by atoms with E-state index in [9.17, 15) is 27.6 Å². The van der Waals surface area contributed by atoms with Crippen molar-refractivity contribution in [1.29, 1.82) is 0 Å². The maximum Gasteiger partial charge on any atom is 0.419 e. The molecular weight excluding hydrogens is 706 g/mol. The summed E-state index contributed by atoms with van der Waals surface area (Å²) in [6.07, 6.45) is -5.40. The lowest BCUT2D eigenvalue weighted by Crippen LogP contribution is -2.34. The third-order valence-electron chi connectivity index (χ3n) is 9.70. The summed E-state index contributed by atoms with van der Waals surface area (Å²) in [6.45, 7) is 0.119. The number of aromatic nitrogens is 3. The lowest BCUT2D eigenvalue weighted by Gasteiger charge is -2.31. The Morgan fingerprint density at radius 1 is 0.920 bits per heavy atom. The molecule has 0 N–H and O–H groups in total. The van der Waals surface area contributed by atoms with Gasteiger partial charge in [0.1, 0.15) is 17.6 Å². The van der Waals surface area contributed by atoms with E-state index in [4.69, 9.17) is 4.74 Å². The molecule has 250 valence electrons. The van der Waals surface area contributed by atoms with Crippen molar-refractivity contribution in [3.63, 3.8) is 0 Å². The first-order valence-corrected chi connectivity index (χ1v) is 18.2. The number of hydrogen-bond acceptors (Lipinski definition) is 10. The van der Waals surface area contributed by atoms with Crippen molar-refractivity contribution in [2.75, 3.05) is 0 Å². The molecule has 2 aliphatic rings. The summed E-state index contributed by atoms with van der Waals surface area (Å²) in [7, 11) is 0. The van der Waals surface area contributed by atoms with Gasteiger partial charge in [-0.15, -0.1) is 22.7 Å². The molecule has 0 bridgehead atoms. The van der Waals surface area contributed by atoms with Gasteiger partial charge in [-0.25, -0.2) is 14.4 Å². The number of alkyl halides is 3. The quantitative estimate of drug-likeness (QED) is 0.167. The summed E-state index contributed by atoms with van der Waals surface area (Å²) in [4.78, 5) is 45.0. The number of nitrogens with zero attached hydrogens (tertiary/aromatic N) is 4. The molecule has 8 nitrogen and oxygen atoms in total. The van der Waals surface area contributed by atoms with E-state index >= 15 is 0 Å². The van der Waals surface area contributed by atoms with Crippen LogP contribution in [0.1, 0.15) is 24.8 Å². The van der Waals surface area contributed by atoms with E-state index in [0.29, 0.717) is 22.2 Å². The van der Waals surface area contributed by atoms with Crippen molar-refractivity contribution in [3.05, 3.63) is 78.4 Å². The highest BCUT2D eigenvalue weighted by Crippen LogP contribution is 2.49. The molecule has 50 heavy (non-hydrogen) atoms. The summed E-state index contributed by atoms with van der Waals surface area (Å²) < 4.78 is 59.8. The van der Waals surface area contributed by atoms with Crippen LogP contribution in [-0.4, -0.2) is 42.9 Å². The first kappa shape index (κ1) is 31.2. The molecule has 14 heteroatoms. The van der Waals surface area contributed by atoms with Crippen LogP contribution in [0.3, 0.4) is 0 Å². The minimum atomic E-state index is -4.41. The van der Waals surface area contributed by atoms with Gasteiger partial charge in [0.05, 0.1) is 49.5 Å². The summed E-state index contributed by atoms with van der Waals surface area (Å²) in [5, 5.41) is 0.956. The molecule has 0 aliphatic heterocycles. The molecule has 3 aromatic carbocycles. The van der Waals surface area contributed by atoms with Crippen molar-refractivity contribution in [1.82, 2.24) is 13.3 Å². The van der Waals surface area contributed by atoms with Crippen molar-refractivity contribution < 1.29 is 32.3 Å². The number of fused-ring (bicyclic) bond motifs is 7. The number of halogens is 3. The Balaban J connectivity index is 1.11. The minimum absolute atomic E-state index is 0.000257. The van der Waals surface area contributed by atoms with Gasteiger partial charge in [-0.05, 0) is 49.1 Å². The molecule has 0 radical (unpaired) electrons. The van der Waals surface area contributed by atoms with E-state index in [2.05, 4.69) is 13.7 Å². The van der Waals surface area contributed by atoms with Crippen molar-refractivity contribution in [2.24, 2.45) is 22.7 Å². The molecular formula is C36H23F3N4O4S3. The fourth-order valence-electron chi connectivity index (χ4n) is 7.30. The lowest BCUT2D eigenvalue weighted by atomic mass is 9.75. The normalized spacial score (nSPS) is 20.5. The molecule has 3 atom stereocenters. The molecule has 2 aliphatic carbocycles. The summed E-state index contributed by atoms with van der Waals surface area (Å²) in [5.41, 5.74) is 4.39. The second-order valence-corrected chi connectivity index (χ2v) is 15.2. The minimum Gasteiger partial charge on any atom is -0.444 e. The Bertz CT molecular complexity index is 2560. The molecule has 7 aromatic rings. The summed E-state index contributed by atoms with van der Waals surface area (Å²) in [6, 6.07) is 22.9. The van der Waals surface area contributed by atoms with Gasteiger partial charge in [-0.1, -0.05) is 48.5 Å². The lowest BCUT2D eigenvalue weighted by molar-refractivity contribution is -0.187. The van der Waals surface area contributed by atoms with Crippen LogP contribution in [-0.2, 0) is 20.9 Å². The number of benzene rings is 3. The molecule has 9 rings (SSSR count). The zero-order valence-electron chi connectivity index (χ0n) is 25.8. The zero-order chi connectivity index (χ0) is 34.3. The Morgan fingerprint density at radius 3 is 2.52 bits per heavy atom. The topological polar surface area (TPSA) is 104 Å². The van der Waals surface area contributed by atoms with Crippen LogP contribution in [0.5, 0.6) is 0 Å². The number of carbonyl (C=O) groups excluding carboxylic acids is 3. The Morgan fingerprint density at radius 2 is 1.70 bits per heavy atom. The van der Waals surface area contributed by atoms with Crippen molar-refractivity contribution >= 4 is 105 Å². The monoisotopic (exact) mass is 728 g/mol. The van der Waals surface area contributed by atoms with Crippen LogP contribution in [0.4, 0.5) is 23.7 Å². The molecule has 2 saturated carbocycles. The van der Waals surface area contributed by atoms with Crippen LogP contribution in [0.2, 0.25) is 0 Å². The third kappa shape index (κ3) is 4.91. The van der Waals surface area contributed by atoms with E-state index < -0.39 is 48.0 Å². The highest BCUT2D eigenvalue weighted by Gasteiger charge is 2.54. The van der Waals surface area contributed by atoms with Gasteiger partial charge in [0.15, 0.2) is 0 Å². The number of ketones is 2. The van der Waals surface area contributed by atoms with Crippen LogP contribution in [0, 0.1) is 17.8 Å². The number of hydrogen-bond donors (Lipinski definition) is 0. The highest BCUT2D eigenvalue weighted by molar-refractivity contribution is 7.32. The molecule has 0 saturated heterocycles. The molecule has 3 unspecified atom stereocenters. The average molecular weight is 729 g/mol. The SMILES string of the molecule is O=C1C(=O)C2CC(C(F)(F)F)CCC2C1=Nc1ccc(-c2cc3c(s2)c2sc4ccccc4c2n3C(=O)OCc2ccccc2)c2nsnc12. The predicted molar refractivity (Wildman–Crippen MR) is 189 cm³/mol. The molecule has 0 amide bonds. The van der Waals surface area contributed by atoms with Gasteiger partial charge in [-0.2, -0.15) is 21.9 Å². The smallest absolute Gasteiger partial charge is 0.419 e. The first-order chi connectivity index (χ1) is 24.2. The Kier molecular flexibility index (Phi) is 7.27. The van der Waals surface area contributed by atoms with E-state index in [1.54, 1.807) is 22.0 Å². The number of rotatable bonds is 4. The number of ether oxygens (including phenoxy) is 1. The van der Waals surface area contributed by atoms with Crippen molar-refractivity contribution in [2.45, 2.75) is 32.0 Å². The standard InChI is InChI=1S/C36H23F3N4O4S3/c37-36(38,39)18-10-11-19-22(14-18)31(44)32(45)28(19)40-23-13-12-20(27-29(23)42-50-41-27)26-15-24-33(49-26)34-30(21-8-4-5-9-25(21)48-34)43(24)35(46)47-16-17-6-2-1-3-7-17/h1-9,12-13,15,18-19,22H,10-11,14,16H2. The third-order valence-corrected chi connectivity index (χ3v) is 12.7. The van der Waals surface area contributed by atoms with Crippen LogP contribution in [0.25, 0.3) is 52.0 Å². The van der Waals surface area contributed by atoms with Gasteiger partial charge >= 0.3 is 12.3 Å². The van der Waals surface area contributed by atoms with Gasteiger partial charge < -0.3 is 4.74 Å². The van der Waals surface area contributed by atoms with Gasteiger partial charge in [-0.3, -0.25) is 9.59 Å². The van der Waals surface area contributed by atoms with Crippen LogP contribution < -0.4 is 0 Å². The number of thiophene rings is 2. The second kappa shape index (κ2) is 11.6. The molecule has 4 aromatic heterocycles. The first-order valence-electron chi connectivity index (χ1n) is 15.8. The van der Waals surface area contributed by atoms with Gasteiger partial charge in [0.2, 0.25) is 11.6 Å². The maximum absolute atomic E-state index is 13.8. The predicted octanol–water partition coefficient (Wildman–Crippen LogP) is 9.75. The average Bonchev–Trinajstić information content (AvgIpc) is 3.93.